The van der Waals surface area contributed by atoms with Crippen molar-refractivity contribution in [2.45, 2.75) is 6.92 Å². The van der Waals surface area contributed by atoms with Gasteiger partial charge in [-0.05, 0) is 43.3 Å². The molecule has 1 amide bonds. The highest BCUT2D eigenvalue weighted by molar-refractivity contribution is 6.03. The summed E-state index contributed by atoms with van der Waals surface area (Å²) in [5.74, 6) is 2.90. The van der Waals surface area contributed by atoms with Gasteiger partial charge in [0.25, 0.3) is 5.91 Å². The highest BCUT2D eigenvalue weighted by Crippen LogP contribution is 2.17. The Morgan fingerprint density at radius 1 is 1.11 bits per heavy atom. The number of anilines is 2. The molecule has 0 radical (unpaired) electrons. The van der Waals surface area contributed by atoms with Crippen molar-refractivity contribution < 1.29 is 18.8 Å². The van der Waals surface area contributed by atoms with Gasteiger partial charge < -0.3 is 24.6 Å². The average molecular weight is 368 g/mol. The van der Waals surface area contributed by atoms with Crippen LogP contribution in [0.5, 0.6) is 11.5 Å². The predicted octanol–water partition coefficient (Wildman–Crippen LogP) is 3.13. The summed E-state index contributed by atoms with van der Waals surface area (Å²) >= 11 is 0. The number of hydrogen-bond acceptors (Lipinski definition) is 7. The first kappa shape index (κ1) is 18.2. The van der Waals surface area contributed by atoms with Gasteiger partial charge in [-0.2, -0.15) is 0 Å². The Kier molecular flexibility index (Phi) is 5.88. The number of nitrogens with zero attached hydrogens (tertiary/aromatic N) is 2. The number of nitrogens with one attached hydrogen (secondary N) is 2. The topological polar surface area (TPSA) is 98.5 Å². The van der Waals surface area contributed by atoms with Crippen LogP contribution < -0.4 is 20.1 Å². The monoisotopic (exact) mass is 368 g/mol. The molecule has 0 fully saturated rings. The molecule has 0 saturated heterocycles. The van der Waals surface area contributed by atoms with E-state index in [1.54, 1.807) is 32.2 Å². The Bertz CT molecular complexity index is 875. The summed E-state index contributed by atoms with van der Waals surface area (Å²) in [7, 11) is 1.62. The zero-order valence-corrected chi connectivity index (χ0v) is 15.1. The number of pyridine rings is 1. The second kappa shape index (κ2) is 8.70. The summed E-state index contributed by atoms with van der Waals surface area (Å²) < 4.78 is 15.6. The molecule has 0 unspecified atom stereocenters. The summed E-state index contributed by atoms with van der Waals surface area (Å²) in [5.41, 5.74) is 0.427. The van der Waals surface area contributed by atoms with E-state index in [9.17, 15) is 4.79 Å². The number of aromatic nitrogens is 2. The van der Waals surface area contributed by atoms with Gasteiger partial charge in [0, 0.05) is 12.3 Å². The Hall–Kier alpha value is -3.55. The fourth-order valence-electron chi connectivity index (χ4n) is 2.27. The molecule has 27 heavy (non-hydrogen) atoms. The number of ether oxygens (including phenoxy) is 2. The number of hydrogen-bond donors (Lipinski definition) is 2. The van der Waals surface area contributed by atoms with Crippen LogP contribution in [0.1, 0.15) is 16.1 Å². The molecule has 0 atom stereocenters. The molecule has 0 aliphatic heterocycles. The normalized spacial score (nSPS) is 10.3. The SMILES string of the molecule is COc1ccc(OCCNc2ccc(C(=O)Nc3cc(C)on3)cn2)cc1. The van der Waals surface area contributed by atoms with Crippen molar-refractivity contribution in [2.75, 3.05) is 30.9 Å². The standard InChI is InChI=1S/C19H20N4O4/c1-13-11-18(23-27-13)22-19(24)14-3-8-17(21-12-14)20-9-10-26-16-6-4-15(25-2)5-7-16/h3-8,11-12H,9-10H2,1-2H3,(H,20,21)(H,22,23,24). The van der Waals surface area contributed by atoms with Crippen molar-refractivity contribution in [3.63, 3.8) is 0 Å². The Balaban J connectivity index is 1.43. The zero-order chi connectivity index (χ0) is 19.1. The first-order valence-electron chi connectivity index (χ1n) is 8.35. The van der Waals surface area contributed by atoms with E-state index in [2.05, 4.69) is 20.8 Å². The Morgan fingerprint density at radius 2 is 1.89 bits per heavy atom. The predicted molar refractivity (Wildman–Crippen MR) is 100 cm³/mol. The largest absolute Gasteiger partial charge is 0.497 e. The molecule has 0 spiro atoms. The molecular weight excluding hydrogens is 348 g/mol. The molecule has 2 heterocycles. The lowest BCUT2D eigenvalue weighted by atomic mass is 10.2. The van der Waals surface area contributed by atoms with Crippen LogP contribution >= 0.6 is 0 Å². The summed E-state index contributed by atoms with van der Waals surface area (Å²) in [6.45, 7) is 2.80. The minimum Gasteiger partial charge on any atom is -0.497 e. The fraction of sp³-hybridized carbons (Fsp3) is 0.211. The van der Waals surface area contributed by atoms with E-state index in [4.69, 9.17) is 14.0 Å². The first-order chi connectivity index (χ1) is 13.1. The molecule has 2 N–H and O–H groups in total. The van der Waals surface area contributed by atoms with Crippen LogP contribution in [0.3, 0.4) is 0 Å². The van der Waals surface area contributed by atoms with Gasteiger partial charge in [0.2, 0.25) is 0 Å². The van der Waals surface area contributed by atoms with Crippen LogP contribution in [0, 0.1) is 6.92 Å². The second-order valence-corrected chi connectivity index (χ2v) is 5.66. The van der Waals surface area contributed by atoms with Crippen LogP contribution in [0.2, 0.25) is 0 Å². The maximum Gasteiger partial charge on any atom is 0.258 e. The van der Waals surface area contributed by atoms with Crippen LogP contribution in [0.15, 0.2) is 53.2 Å². The molecule has 8 nitrogen and oxygen atoms in total. The van der Waals surface area contributed by atoms with Crippen molar-refractivity contribution in [3.8, 4) is 11.5 Å². The maximum absolute atomic E-state index is 12.1. The molecule has 0 aliphatic rings. The third kappa shape index (κ3) is 5.21. The lowest BCUT2D eigenvalue weighted by Crippen LogP contribution is -2.14. The molecular formula is C19H20N4O4. The van der Waals surface area contributed by atoms with Gasteiger partial charge in [-0.15, -0.1) is 0 Å². The van der Waals surface area contributed by atoms with E-state index in [1.807, 2.05) is 24.3 Å². The Labute approximate surface area is 156 Å². The van der Waals surface area contributed by atoms with Gasteiger partial charge in [0.05, 0.1) is 19.2 Å². The van der Waals surface area contributed by atoms with Crippen molar-refractivity contribution in [3.05, 3.63) is 60.0 Å². The fourth-order valence-corrected chi connectivity index (χ4v) is 2.27. The highest BCUT2D eigenvalue weighted by Gasteiger charge is 2.09. The number of benzene rings is 1. The summed E-state index contributed by atoms with van der Waals surface area (Å²) in [4.78, 5) is 16.3. The molecule has 140 valence electrons. The number of methoxy groups -OCH3 is 1. The maximum atomic E-state index is 12.1. The van der Waals surface area contributed by atoms with Crippen LogP contribution in [-0.2, 0) is 0 Å². The first-order valence-corrected chi connectivity index (χ1v) is 8.35. The van der Waals surface area contributed by atoms with Crippen molar-refractivity contribution in [2.24, 2.45) is 0 Å². The van der Waals surface area contributed by atoms with Crippen molar-refractivity contribution in [1.29, 1.82) is 0 Å². The quantitative estimate of drug-likeness (QED) is 0.589. The molecule has 3 rings (SSSR count). The number of amides is 1. The molecule has 2 aromatic heterocycles. The number of carbonyl (C=O) groups is 1. The van der Waals surface area contributed by atoms with Crippen molar-refractivity contribution in [1.82, 2.24) is 10.1 Å². The van der Waals surface area contributed by atoms with Gasteiger partial charge in [0.1, 0.15) is 29.7 Å². The van der Waals surface area contributed by atoms with E-state index in [0.29, 0.717) is 36.1 Å². The smallest absolute Gasteiger partial charge is 0.258 e. The van der Waals surface area contributed by atoms with Gasteiger partial charge in [-0.25, -0.2) is 4.98 Å². The summed E-state index contributed by atoms with van der Waals surface area (Å²) in [6, 6.07) is 12.4. The van der Waals surface area contributed by atoms with Crippen molar-refractivity contribution >= 4 is 17.5 Å². The number of rotatable bonds is 8. The highest BCUT2D eigenvalue weighted by atomic mass is 16.5. The lowest BCUT2D eigenvalue weighted by molar-refractivity contribution is 0.102. The summed E-state index contributed by atoms with van der Waals surface area (Å²) in [5, 5.41) is 9.50. The number of aryl methyl sites for hydroxylation is 1. The molecule has 0 aliphatic carbocycles. The second-order valence-electron chi connectivity index (χ2n) is 5.66. The molecule has 8 heteroatoms. The van der Waals surface area contributed by atoms with E-state index < -0.39 is 0 Å². The lowest BCUT2D eigenvalue weighted by Gasteiger charge is -2.09. The molecule has 0 saturated carbocycles. The molecule has 3 aromatic rings. The molecule has 0 bridgehead atoms. The van der Waals surface area contributed by atoms with Gasteiger partial charge in [0.15, 0.2) is 5.82 Å². The van der Waals surface area contributed by atoms with Crippen LogP contribution in [0.25, 0.3) is 0 Å². The zero-order valence-electron chi connectivity index (χ0n) is 15.1. The Morgan fingerprint density at radius 3 is 2.52 bits per heavy atom. The summed E-state index contributed by atoms with van der Waals surface area (Å²) in [6.07, 6.45) is 1.49. The van der Waals surface area contributed by atoms with Crippen LogP contribution in [0.4, 0.5) is 11.6 Å². The van der Waals surface area contributed by atoms with Crippen LogP contribution in [-0.4, -0.2) is 36.3 Å². The van der Waals surface area contributed by atoms with E-state index in [0.717, 1.165) is 11.5 Å². The third-order valence-corrected chi connectivity index (χ3v) is 3.63. The average Bonchev–Trinajstić information content (AvgIpc) is 3.10. The van der Waals surface area contributed by atoms with E-state index >= 15 is 0 Å². The van der Waals surface area contributed by atoms with Gasteiger partial charge in [-0.3, -0.25) is 4.79 Å². The number of carbonyl (C=O) groups excluding carboxylic acids is 1. The minimum absolute atomic E-state index is 0.301. The van der Waals surface area contributed by atoms with Gasteiger partial charge in [-0.1, -0.05) is 5.16 Å². The van der Waals surface area contributed by atoms with E-state index in [1.165, 1.54) is 6.20 Å². The van der Waals surface area contributed by atoms with E-state index in [-0.39, 0.29) is 5.91 Å². The minimum atomic E-state index is -0.301. The molecule has 1 aromatic carbocycles. The third-order valence-electron chi connectivity index (χ3n) is 3.63. The van der Waals surface area contributed by atoms with Gasteiger partial charge >= 0.3 is 0 Å².